The first-order valence-corrected chi connectivity index (χ1v) is 0. The second-order valence-corrected chi connectivity index (χ2v) is 0. The van der Waals surface area contributed by atoms with Crippen LogP contribution >= 0.6 is 0 Å². The van der Waals surface area contributed by atoms with Crippen LogP contribution in [0.15, 0.2) is 0 Å². The van der Waals surface area contributed by atoms with Gasteiger partial charge >= 0.3 is 29.2 Å². The van der Waals surface area contributed by atoms with E-state index in [4.69, 9.17) is 0 Å². The Labute approximate surface area is 57.2 Å². The van der Waals surface area contributed by atoms with E-state index in [2.05, 4.69) is 0 Å². The van der Waals surface area contributed by atoms with Crippen molar-refractivity contribution in [3.05, 3.63) is 0 Å². The van der Waals surface area contributed by atoms with Crippen molar-refractivity contribution in [1.29, 1.82) is 0 Å². The van der Waals surface area contributed by atoms with E-state index in [1.165, 1.54) is 0 Å². The van der Waals surface area contributed by atoms with Gasteiger partial charge in [-0.25, -0.2) is 0 Å². The summed E-state index contributed by atoms with van der Waals surface area (Å²) < 4.78 is 0. The SMILES string of the molecule is [Mg+2].[N+3].[OH-].[OH-].[OH-].[OH-].[OH-]. The summed E-state index contributed by atoms with van der Waals surface area (Å²) in [6, 6.07) is 0. The van der Waals surface area contributed by atoms with Gasteiger partial charge in [-0.05, 0) is 0 Å². The van der Waals surface area contributed by atoms with Crippen LogP contribution in [-0.4, -0.2) is 50.4 Å². The first-order valence-electron chi connectivity index (χ1n) is 0. The fourth-order valence-corrected chi connectivity index (χ4v) is 0. The van der Waals surface area contributed by atoms with Crippen LogP contribution in [0, 0.1) is 0 Å². The van der Waals surface area contributed by atoms with Crippen LogP contribution in [-0.2, 0) is 0 Å². The smallest absolute Gasteiger partial charge is 0.870 e. The molecule has 42 valence electrons. The second kappa shape index (κ2) is 2290. The van der Waals surface area contributed by atoms with Crippen LogP contribution in [0.2, 0.25) is 0 Å². The summed E-state index contributed by atoms with van der Waals surface area (Å²) in [6.07, 6.45) is 0. The van der Waals surface area contributed by atoms with Crippen LogP contribution in [0.1, 0.15) is 0 Å². The van der Waals surface area contributed by atoms with Gasteiger partial charge < -0.3 is 27.4 Å². The van der Waals surface area contributed by atoms with Crippen LogP contribution < -0.4 is 6.15 Å². The summed E-state index contributed by atoms with van der Waals surface area (Å²) in [6.45, 7) is 0. The molecular formula is H5MgNO5. The zero-order chi connectivity index (χ0) is 0. The largest absolute Gasteiger partial charge is 3.00 e. The van der Waals surface area contributed by atoms with E-state index < -0.39 is 0 Å². The number of nitrogens with zero attached hydrogens (tertiary/aromatic N) is 1. The van der Waals surface area contributed by atoms with Gasteiger partial charge in [0.2, 0.25) is 0 Å². The van der Waals surface area contributed by atoms with Gasteiger partial charge in [-0.3, -0.25) is 0 Å². The molecule has 0 unspecified atom stereocenters. The number of rotatable bonds is 0. The quantitative estimate of drug-likeness (QED) is 0.346. The molecule has 0 amide bonds. The van der Waals surface area contributed by atoms with Gasteiger partial charge in [-0.1, -0.05) is 0 Å². The van der Waals surface area contributed by atoms with E-state index in [0.717, 1.165) is 0 Å². The van der Waals surface area contributed by atoms with Gasteiger partial charge in [0.1, 0.15) is 0 Å². The monoisotopic (exact) mass is 123 g/mol. The van der Waals surface area contributed by atoms with Crippen molar-refractivity contribution in [3.8, 4) is 0 Å². The van der Waals surface area contributed by atoms with Crippen molar-refractivity contribution in [1.82, 2.24) is 6.15 Å². The molecule has 0 rings (SSSR count). The fraction of sp³-hybridized carbons (Fsp3) is 0. The van der Waals surface area contributed by atoms with Crippen molar-refractivity contribution in [2.45, 2.75) is 0 Å². The molecule has 0 aromatic heterocycles. The first-order chi connectivity index (χ1) is 0. The van der Waals surface area contributed by atoms with Gasteiger partial charge in [0, 0.05) is 0 Å². The Bertz CT molecular complexity index is 8.04. The van der Waals surface area contributed by atoms with Gasteiger partial charge in [0.05, 0.1) is 0 Å². The first kappa shape index (κ1) is 3760. The maximum absolute atomic E-state index is 0. The summed E-state index contributed by atoms with van der Waals surface area (Å²) in [5, 5.41) is 0. The summed E-state index contributed by atoms with van der Waals surface area (Å²) in [4.78, 5) is 0. The topological polar surface area (TPSA) is 180 Å². The predicted molar refractivity (Wildman–Crippen MR) is 17.6 cm³/mol. The Morgan fingerprint density at radius 2 is 0.429 bits per heavy atom. The molecule has 7 heavy (non-hydrogen) atoms. The molecule has 0 heterocycles. The molecule has 0 aliphatic heterocycles. The van der Waals surface area contributed by atoms with Crippen LogP contribution in [0.3, 0.4) is 0 Å². The van der Waals surface area contributed by atoms with Crippen LogP contribution in [0.4, 0.5) is 0 Å². The molecule has 0 fully saturated rings. The molecule has 0 bridgehead atoms. The Morgan fingerprint density at radius 3 is 0.429 bits per heavy atom. The molecule has 7 heteroatoms. The summed E-state index contributed by atoms with van der Waals surface area (Å²) in [5.41, 5.74) is 0. The Kier molecular flexibility index (Phi) is 1230000. The second-order valence-electron chi connectivity index (χ2n) is 0. The fourth-order valence-electron chi connectivity index (χ4n) is 0. The van der Waals surface area contributed by atoms with E-state index in [1.807, 2.05) is 0 Å². The third-order valence-electron chi connectivity index (χ3n) is 0. The minimum absolute atomic E-state index is 0. The minimum atomic E-state index is 0. The molecule has 0 aromatic rings. The van der Waals surface area contributed by atoms with E-state index in [1.54, 1.807) is 0 Å². The normalized spacial score (nSPS) is 0. The molecule has 0 aliphatic rings. The molecule has 2 radical (unpaired) electrons. The zero-order valence-corrected chi connectivity index (χ0v) is 4.80. The van der Waals surface area contributed by atoms with E-state index in [-0.39, 0.29) is 56.6 Å². The van der Waals surface area contributed by atoms with Gasteiger partial charge in [-0.15, -0.1) is 0 Å². The summed E-state index contributed by atoms with van der Waals surface area (Å²) >= 11 is 0. The molecule has 6 nitrogen and oxygen atoms in total. The zero-order valence-electron chi connectivity index (χ0n) is 3.39. The van der Waals surface area contributed by atoms with Gasteiger partial charge in [0.25, 0.3) is 0 Å². The van der Waals surface area contributed by atoms with E-state index in [0.29, 0.717) is 0 Å². The van der Waals surface area contributed by atoms with Crippen molar-refractivity contribution in [2.24, 2.45) is 0 Å². The van der Waals surface area contributed by atoms with Gasteiger partial charge in [0.15, 0.2) is 0 Å². The average molecular weight is 123 g/mol. The summed E-state index contributed by atoms with van der Waals surface area (Å²) in [5.74, 6) is 0. The summed E-state index contributed by atoms with van der Waals surface area (Å²) in [7, 11) is 0. The maximum atomic E-state index is 0. The van der Waals surface area contributed by atoms with Crippen molar-refractivity contribution >= 4 is 23.1 Å². The predicted octanol–water partition coefficient (Wildman–Crippen LogP) is -1.75. The van der Waals surface area contributed by atoms with Crippen molar-refractivity contribution in [3.63, 3.8) is 0 Å². The van der Waals surface area contributed by atoms with E-state index in [9.17, 15) is 0 Å². The Hall–Kier alpha value is 0.276. The molecule has 0 saturated carbocycles. The number of hydrogen-bond acceptors (Lipinski definition) is 5. The minimum Gasteiger partial charge on any atom is -0.870 e. The molecule has 0 aliphatic carbocycles. The molecule has 5 N–H and O–H groups in total. The Balaban J connectivity index is 0. The molecular weight excluding hydrogens is 118 g/mol. The molecule has 0 atom stereocenters. The van der Waals surface area contributed by atoms with Crippen LogP contribution in [0.25, 0.3) is 0 Å². The molecule has 0 spiro atoms. The van der Waals surface area contributed by atoms with Crippen molar-refractivity contribution < 1.29 is 27.4 Å². The third-order valence-corrected chi connectivity index (χ3v) is 0. The third kappa shape index (κ3) is 1500. The number of hydrogen-bond donors (Lipinski definition) is 0. The van der Waals surface area contributed by atoms with Gasteiger partial charge in [-0.2, -0.15) is 0 Å². The standard InChI is InChI=1S/Mg.N.5H2O/h;;5*1H2/q+2;+3;;;;;/p-5. The molecule has 0 saturated heterocycles. The average Bonchev–Trinajstić information content (AvgIpc) is 0. The molecule has 0 aromatic carbocycles. The van der Waals surface area contributed by atoms with Crippen LogP contribution in [0.5, 0.6) is 0 Å². The van der Waals surface area contributed by atoms with E-state index >= 15 is 0 Å². The maximum Gasteiger partial charge on any atom is 3.00 e. The Morgan fingerprint density at radius 1 is 0.429 bits per heavy atom. The van der Waals surface area contributed by atoms with Crippen molar-refractivity contribution in [2.75, 3.05) is 0 Å².